The summed E-state index contributed by atoms with van der Waals surface area (Å²) < 4.78 is 0. The van der Waals surface area contributed by atoms with Gasteiger partial charge in [0.25, 0.3) is 0 Å². The molecule has 9 nitrogen and oxygen atoms in total. The van der Waals surface area contributed by atoms with E-state index in [2.05, 4.69) is 10.6 Å². The van der Waals surface area contributed by atoms with Crippen molar-refractivity contribution >= 4 is 93.5 Å². The molecule has 0 bridgehead atoms. The lowest BCUT2D eigenvalue weighted by Crippen LogP contribution is -2.49. The maximum atomic E-state index is 12.3. The number of aliphatic carboxylic acids is 2. The normalized spacial score (nSPS) is 12.7. The summed E-state index contributed by atoms with van der Waals surface area (Å²) in [6.45, 7) is -0.681. The molecule has 0 saturated carbocycles. The molecule has 31 heavy (non-hydrogen) atoms. The molecular weight excluding hydrogens is 540 g/mol. The lowest BCUT2D eigenvalue weighted by Gasteiger charge is -2.19. The van der Waals surface area contributed by atoms with Gasteiger partial charge in [0.05, 0.1) is 25.1 Å². The first-order chi connectivity index (χ1) is 14.4. The van der Waals surface area contributed by atoms with E-state index in [1.165, 1.54) is 0 Å². The molecule has 0 heterocycles. The molecule has 1 aromatic rings. The van der Waals surface area contributed by atoms with Gasteiger partial charge in [-0.15, -0.1) is 11.8 Å². The predicted octanol–water partition coefficient (Wildman–Crippen LogP) is 2.92. The van der Waals surface area contributed by atoms with Gasteiger partial charge in [-0.1, -0.05) is 58.0 Å². The van der Waals surface area contributed by atoms with E-state index in [1.807, 2.05) is 0 Å². The van der Waals surface area contributed by atoms with Gasteiger partial charge in [0.1, 0.15) is 18.6 Å². The first-order valence-electron chi connectivity index (χ1n) is 8.28. The van der Waals surface area contributed by atoms with Crippen LogP contribution in [-0.2, 0) is 19.2 Å². The molecule has 0 saturated heterocycles. The molecule has 0 aliphatic carbocycles. The average Bonchev–Trinajstić information content (AvgIpc) is 2.71. The Balaban J connectivity index is 2.98. The van der Waals surface area contributed by atoms with Gasteiger partial charge in [0.2, 0.25) is 11.8 Å². The summed E-state index contributed by atoms with van der Waals surface area (Å²) in [6.07, 6.45) is -0.446. The number of nitrogens with two attached hydrogens (primary N) is 1. The zero-order chi connectivity index (χ0) is 23.9. The summed E-state index contributed by atoms with van der Waals surface area (Å²) in [5.74, 6) is -4.18. The first kappa shape index (κ1) is 27.9. The summed E-state index contributed by atoms with van der Waals surface area (Å²) in [5.41, 5.74) is 5.35. The van der Waals surface area contributed by atoms with Gasteiger partial charge >= 0.3 is 11.9 Å². The zero-order valence-electron chi connectivity index (χ0n) is 15.4. The Bertz CT molecular complexity index is 859. The number of carboxylic acid groups (broad SMARTS) is 2. The largest absolute Gasteiger partial charge is 0.480 e. The van der Waals surface area contributed by atoms with Gasteiger partial charge in [-0.05, 0) is 6.42 Å². The first-order valence-corrected chi connectivity index (χ1v) is 11.2. The number of carbonyl (C=O) groups is 4. The van der Waals surface area contributed by atoms with Crippen molar-refractivity contribution in [3.63, 3.8) is 0 Å². The van der Waals surface area contributed by atoms with Gasteiger partial charge in [-0.25, -0.2) is 0 Å². The van der Waals surface area contributed by atoms with Gasteiger partial charge in [0, 0.05) is 17.1 Å². The molecule has 2 amide bonds. The van der Waals surface area contributed by atoms with Crippen molar-refractivity contribution in [1.82, 2.24) is 10.6 Å². The molecule has 0 unspecified atom stereocenters. The van der Waals surface area contributed by atoms with E-state index in [-0.39, 0.29) is 48.6 Å². The summed E-state index contributed by atoms with van der Waals surface area (Å²) in [5, 5.41) is 21.8. The number of benzene rings is 1. The summed E-state index contributed by atoms with van der Waals surface area (Å²) in [7, 11) is 0. The van der Waals surface area contributed by atoms with Crippen LogP contribution in [0, 0.1) is 0 Å². The minimum atomic E-state index is -1.29. The minimum absolute atomic E-state index is 0.0190. The molecule has 15 heteroatoms. The van der Waals surface area contributed by atoms with Crippen molar-refractivity contribution in [3.05, 3.63) is 25.1 Å². The molecule has 0 radical (unpaired) electrons. The van der Waals surface area contributed by atoms with Crippen LogP contribution >= 0.6 is 69.8 Å². The third kappa shape index (κ3) is 8.38. The molecule has 172 valence electrons. The second kappa shape index (κ2) is 12.8. The Labute approximate surface area is 205 Å². The standard InChI is InChI=1S/C16H16Cl5N3O6S/c17-9-10(18)12(20)14(13(21)11(9)19)31-4-6(15(28)23-3-8(26)27)24-7(25)2-1-5(22)16(29)30/h5-6H,1-4,22H2,(H,23,28)(H,24,25)(H,26,27)(H,29,30)/t5-,6-/m0/s1. The van der Waals surface area contributed by atoms with Gasteiger partial charge in [0.15, 0.2) is 0 Å². The second-order valence-corrected chi connectivity index (χ2v) is 8.85. The lowest BCUT2D eigenvalue weighted by atomic mass is 10.1. The Morgan fingerprint density at radius 3 is 1.94 bits per heavy atom. The van der Waals surface area contributed by atoms with Crippen LogP contribution in [0.25, 0.3) is 0 Å². The highest BCUT2D eigenvalue weighted by molar-refractivity contribution is 7.99. The molecule has 1 rings (SSSR count). The molecule has 0 aliphatic heterocycles. The second-order valence-electron chi connectivity index (χ2n) is 5.93. The monoisotopic (exact) mass is 553 g/mol. The quantitative estimate of drug-likeness (QED) is 0.158. The molecule has 1 aromatic carbocycles. The maximum absolute atomic E-state index is 12.3. The number of thioether (sulfide) groups is 1. The van der Waals surface area contributed by atoms with Crippen LogP contribution in [0.5, 0.6) is 0 Å². The van der Waals surface area contributed by atoms with E-state index < -0.39 is 42.4 Å². The van der Waals surface area contributed by atoms with E-state index in [4.69, 9.17) is 74.0 Å². The molecule has 0 spiro atoms. The molecule has 0 aromatic heterocycles. The lowest BCUT2D eigenvalue weighted by molar-refractivity contribution is -0.139. The van der Waals surface area contributed by atoms with E-state index in [0.29, 0.717) is 0 Å². The highest BCUT2D eigenvalue weighted by Crippen LogP contribution is 2.47. The van der Waals surface area contributed by atoms with E-state index >= 15 is 0 Å². The fourth-order valence-electron chi connectivity index (χ4n) is 2.02. The minimum Gasteiger partial charge on any atom is -0.480 e. The summed E-state index contributed by atoms with van der Waals surface area (Å²) in [6, 6.07) is -2.48. The van der Waals surface area contributed by atoms with Crippen LogP contribution in [-0.4, -0.2) is 58.3 Å². The van der Waals surface area contributed by atoms with Crippen molar-refractivity contribution < 1.29 is 29.4 Å². The fraction of sp³-hybridized carbons (Fsp3) is 0.375. The Hall–Kier alpha value is -1.14. The Morgan fingerprint density at radius 1 is 0.935 bits per heavy atom. The number of hydrogen-bond donors (Lipinski definition) is 5. The maximum Gasteiger partial charge on any atom is 0.322 e. The average molecular weight is 556 g/mol. The molecular formula is C16H16Cl5N3O6S. The fourth-order valence-corrected chi connectivity index (χ4v) is 4.63. The van der Waals surface area contributed by atoms with Crippen molar-refractivity contribution in [2.75, 3.05) is 12.3 Å². The van der Waals surface area contributed by atoms with E-state index in [9.17, 15) is 19.2 Å². The van der Waals surface area contributed by atoms with Crippen molar-refractivity contribution in [3.8, 4) is 0 Å². The number of amides is 2. The van der Waals surface area contributed by atoms with Gasteiger partial charge in [-0.2, -0.15) is 0 Å². The molecule has 0 fully saturated rings. The molecule has 0 aliphatic rings. The smallest absolute Gasteiger partial charge is 0.322 e. The van der Waals surface area contributed by atoms with Crippen LogP contribution in [0.1, 0.15) is 12.8 Å². The van der Waals surface area contributed by atoms with Crippen LogP contribution in [0.2, 0.25) is 25.1 Å². The molecule has 2 atom stereocenters. The van der Waals surface area contributed by atoms with Crippen LogP contribution in [0.3, 0.4) is 0 Å². The third-order valence-corrected chi connectivity index (χ3v) is 7.33. The van der Waals surface area contributed by atoms with Crippen molar-refractivity contribution in [1.29, 1.82) is 0 Å². The SMILES string of the molecule is N[C@@H](CCC(=O)N[C@@H](CSc1c(Cl)c(Cl)c(Cl)c(Cl)c1Cl)C(=O)NCC(=O)O)C(=O)O. The number of rotatable bonds is 11. The van der Waals surface area contributed by atoms with Crippen molar-refractivity contribution in [2.45, 2.75) is 29.8 Å². The number of carbonyl (C=O) groups excluding carboxylic acids is 2. The number of carboxylic acids is 2. The Morgan fingerprint density at radius 2 is 1.45 bits per heavy atom. The summed E-state index contributed by atoms with van der Waals surface area (Å²) >= 11 is 31.2. The van der Waals surface area contributed by atoms with Gasteiger partial charge < -0.3 is 26.6 Å². The Kier molecular flexibility index (Phi) is 11.5. The van der Waals surface area contributed by atoms with Crippen molar-refractivity contribution in [2.24, 2.45) is 5.73 Å². The van der Waals surface area contributed by atoms with Crippen LogP contribution in [0.15, 0.2) is 4.90 Å². The highest BCUT2D eigenvalue weighted by atomic mass is 35.5. The van der Waals surface area contributed by atoms with Crippen LogP contribution in [0.4, 0.5) is 0 Å². The van der Waals surface area contributed by atoms with Gasteiger partial charge in [-0.3, -0.25) is 19.2 Å². The number of nitrogens with one attached hydrogen (secondary N) is 2. The van der Waals surface area contributed by atoms with Crippen LogP contribution < -0.4 is 16.4 Å². The third-order valence-electron chi connectivity index (χ3n) is 3.63. The summed E-state index contributed by atoms with van der Waals surface area (Å²) in [4.78, 5) is 46.2. The highest BCUT2D eigenvalue weighted by Gasteiger charge is 2.25. The zero-order valence-corrected chi connectivity index (χ0v) is 20.0. The number of halogens is 5. The number of hydrogen-bond acceptors (Lipinski definition) is 6. The predicted molar refractivity (Wildman–Crippen MR) is 120 cm³/mol. The van der Waals surface area contributed by atoms with E-state index in [1.54, 1.807) is 0 Å². The topological polar surface area (TPSA) is 159 Å². The van der Waals surface area contributed by atoms with E-state index in [0.717, 1.165) is 11.8 Å². The molecule has 6 N–H and O–H groups in total.